The maximum atomic E-state index is 5.93. The van der Waals surface area contributed by atoms with Crippen LogP contribution < -0.4 is 4.74 Å². The topological polar surface area (TPSA) is 24.8 Å². The van der Waals surface area contributed by atoms with E-state index in [1.165, 1.54) is 0 Å². The first-order chi connectivity index (χ1) is 7.83. The second-order valence-corrected chi connectivity index (χ2v) is 3.96. The van der Waals surface area contributed by atoms with E-state index in [-0.39, 0.29) is 12.4 Å². The van der Waals surface area contributed by atoms with Crippen LogP contribution in [-0.2, 0) is 0 Å². The monoisotopic (exact) mass is 268 g/mol. The number of ether oxygens (including phenoxy) is 1. The van der Waals surface area contributed by atoms with Crippen LogP contribution in [0.15, 0.2) is 47.6 Å². The summed E-state index contributed by atoms with van der Waals surface area (Å²) in [6, 6.07) is 5.45. The van der Waals surface area contributed by atoms with Gasteiger partial charge in [0.05, 0.1) is 0 Å². The Morgan fingerprint density at radius 2 is 2.18 bits per heavy atom. The lowest BCUT2D eigenvalue weighted by atomic mass is 10.3. The molecule has 1 aromatic carbocycles. The van der Waals surface area contributed by atoms with Gasteiger partial charge in [-0.1, -0.05) is 17.7 Å². The molecule has 0 unspecified atom stereocenters. The SMILES string of the molecule is Cl.Clc1ccc2c(c1)N=C1C=CC=CN1CO2. The average Bonchev–Trinajstić information content (AvgIpc) is 2.47. The number of allylic oxidation sites excluding steroid dienone is 2. The first-order valence-corrected chi connectivity index (χ1v) is 5.33. The molecule has 2 aliphatic heterocycles. The Morgan fingerprint density at radius 1 is 1.29 bits per heavy atom. The molecule has 17 heavy (non-hydrogen) atoms. The third-order valence-electron chi connectivity index (χ3n) is 2.43. The highest BCUT2D eigenvalue weighted by Crippen LogP contribution is 2.33. The molecular weight excluding hydrogens is 259 g/mol. The Bertz CT molecular complexity index is 523. The van der Waals surface area contributed by atoms with E-state index in [9.17, 15) is 0 Å². The number of halogens is 2. The first-order valence-electron chi connectivity index (χ1n) is 4.95. The highest BCUT2D eigenvalue weighted by molar-refractivity contribution is 6.30. The molecule has 0 spiro atoms. The van der Waals surface area contributed by atoms with Gasteiger partial charge in [0.1, 0.15) is 17.3 Å². The van der Waals surface area contributed by atoms with Gasteiger partial charge in [-0.2, -0.15) is 0 Å². The molecule has 2 heterocycles. The van der Waals surface area contributed by atoms with Gasteiger partial charge in [-0.3, -0.25) is 4.90 Å². The second kappa shape index (κ2) is 4.82. The van der Waals surface area contributed by atoms with Crippen molar-refractivity contribution in [3.8, 4) is 5.75 Å². The Hall–Kier alpha value is -1.45. The van der Waals surface area contributed by atoms with Crippen molar-refractivity contribution in [2.24, 2.45) is 4.99 Å². The van der Waals surface area contributed by atoms with Crippen LogP contribution in [0.25, 0.3) is 0 Å². The Morgan fingerprint density at radius 3 is 3.06 bits per heavy atom. The number of nitrogens with zero attached hydrogens (tertiary/aromatic N) is 2. The fraction of sp³-hybridized carbons (Fsp3) is 0.0833. The van der Waals surface area contributed by atoms with E-state index in [2.05, 4.69) is 4.99 Å². The molecule has 0 saturated heterocycles. The van der Waals surface area contributed by atoms with Crippen molar-refractivity contribution in [1.82, 2.24) is 4.90 Å². The van der Waals surface area contributed by atoms with Crippen molar-refractivity contribution in [2.45, 2.75) is 0 Å². The zero-order chi connectivity index (χ0) is 11.0. The second-order valence-electron chi connectivity index (χ2n) is 3.53. The summed E-state index contributed by atoms with van der Waals surface area (Å²) < 4.78 is 5.64. The van der Waals surface area contributed by atoms with Crippen LogP contribution >= 0.6 is 24.0 Å². The fourth-order valence-corrected chi connectivity index (χ4v) is 1.81. The van der Waals surface area contributed by atoms with E-state index in [0.717, 1.165) is 17.3 Å². The Labute approximate surface area is 110 Å². The minimum atomic E-state index is 0. The summed E-state index contributed by atoms with van der Waals surface area (Å²) in [7, 11) is 0. The van der Waals surface area contributed by atoms with Gasteiger partial charge in [0, 0.05) is 11.2 Å². The number of amidine groups is 1. The minimum Gasteiger partial charge on any atom is -0.470 e. The quantitative estimate of drug-likeness (QED) is 0.719. The van der Waals surface area contributed by atoms with Crippen molar-refractivity contribution in [3.05, 3.63) is 47.6 Å². The molecule has 2 aliphatic rings. The van der Waals surface area contributed by atoms with Crippen LogP contribution in [0.1, 0.15) is 0 Å². The summed E-state index contributed by atoms with van der Waals surface area (Å²) in [5.41, 5.74) is 0.768. The average molecular weight is 269 g/mol. The standard InChI is InChI=1S/C12H9ClN2O.ClH/c13-9-4-5-11-10(7-9)14-12-3-1-2-6-15(12)8-16-11;/h1-7H,8H2;1H. The third kappa shape index (κ3) is 2.30. The molecule has 0 atom stereocenters. The van der Waals surface area contributed by atoms with Gasteiger partial charge in [-0.05, 0) is 30.4 Å². The first kappa shape index (κ1) is 12.0. The van der Waals surface area contributed by atoms with Gasteiger partial charge in [-0.15, -0.1) is 12.4 Å². The number of fused-ring (bicyclic) bond motifs is 2. The third-order valence-corrected chi connectivity index (χ3v) is 2.67. The van der Waals surface area contributed by atoms with Crippen molar-refractivity contribution >= 4 is 35.5 Å². The van der Waals surface area contributed by atoms with Gasteiger partial charge >= 0.3 is 0 Å². The van der Waals surface area contributed by atoms with E-state index in [1.807, 2.05) is 35.4 Å². The minimum absolute atomic E-state index is 0. The summed E-state index contributed by atoms with van der Waals surface area (Å²) in [6.45, 7) is 0.467. The van der Waals surface area contributed by atoms with Gasteiger partial charge in [0.2, 0.25) is 0 Å². The summed E-state index contributed by atoms with van der Waals surface area (Å²) in [6.07, 6.45) is 7.78. The van der Waals surface area contributed by atoms with E-state index < -0.39 is 0 Å². The number of hydrogen-bond acceptors (Lipinski definition) is 3. The van der Waals surface area contributed by atoms with Crippen LogP contribution in [0, 0.1) is 0 Å². The molecule has 0 radical (unpaired) electrons. The molecule has 88 valence electrons. The molecule has 0 N–H and O–H groups in total. The van der Waals surface area contributed by atoms with E-state index in [1.54, 1.807) is 12.1 Å². The summed E-state index contributed by atoms with van der Waals surface area (Å²) >= 11 is 5.93. The number of benzene rings is 1. The zero-order valence-electron chi connectivity index (χ0n) is 8.84. The van der Waals surface area contributed by atoms with E-state index in [0.29, 0.717) is 11.8 Å². The zero-order valence-corrected chi connectivity index (χ0v) is 10.4. The molecular formula is C12H10Cl2N2O. The van der Waals surface area contributed by atoms with Crippen molar-refractivity contribution < 1.29 is 4.74 Å². The Kier molecular flexibility index (Phi) is 3.41. The van der Waals surface area contributed by atoms with Crippen LogP contribution in [0.4, 0.5) is 5.69 Å². The molecule has 0 aliphatic carbocycles. The van der Waals surface area contributed by atoms with Crippen molar-refractivity contribution in [2.75, 3.05) is 6.73 Å². The van der Waals surface area contributed by atoms with Crippen LogP contribution in [0.3, 0.4) is 0 Å². The number of hydrogen-bond donors (Lipinski definition) is 0. The summed E-state index contributed by atoms with van der Waals surface area (Å²) in [5.74, 6) is 1.62. The van der Waals surface area contributed by atoms with Gasteiger partial charge in [-0.25, -0.2) is 4.99 Å². The van der Waals surface area contributed by atoms with Crippen LogP contribution in [0.5, 0.6) is 5.75 Å². The maximum Gasteiger partial charge on any atom is 0.166 e. The molecule has 0 bridgehead atoms. The fourth-order valence-electron chi connectivity index (χ4n) is 1.64. The van der Waals surface area contributed by atoms with Crippen molar-refractivity contribution in [1.29, 1.82) is 0 Å². The predicted octanol–water partition coefficient (Wildman–Crippen LogP) is 3.53. The summed E-state index contributed by atoms with van der Waals surface area (Å²) in [5, 5.41) is 0.662. The summed E-state index contributed by atoms with van der Waals surface area (Å²) in [4.78, 5) is 6.46. The van der Waals surface area contributed by atoms with E-state index in [4.69, 9.17) is 16.3 Å². The lowest BCUT2D eigenvalue weighted by Crippen LogP contribution is -2.28. The van der Waals surface area contributed by atoms with Gasteiger partial charge in [0.15, 0.2) is 6.73 Å². The smallest absolute Gasteiger partial charge is 0.166 e. The number of rotatable bonds is 0. The highest BCUT2D eigenvalue weighted by Gasteiger charge is 2.15. The van der Waals surface area contributed by atoms with Crippen LogP contribution in [0.2, 0.25) is 5.02 Å². The van der Waals surface area contributed by atoms with Crippen molar-refractivity contribution in [3.63, 3.8) is 0 Å². The van der Waals surface area contributed by atoms with Crippen LogP contribution in [-0.4, -0.2) is 17.5 Å². The Balaban J connectivity index is 0.00000108. The van der Waals surface area contributed by atoms with Gasteiger partial charge in [0.25, 0.3) is 0 Å². The largest absolute Gasteiger partial charge is 0.470 e. The maximum absolute atomic E-state index is 5.93. The predicted molar refractivity (Wildman–Crippen MR) is 71.4 cm³/mol. The lowest BCUT2D eigenvalue weighted by molar-refractivity contribution is 0.234. The molecule has 3 nitrogen and oxygen atoms in total. The molecule has 0 aromatic heterocycles. The number of aliphatic imine (C=N–C) groups is 1. The molecule has 0 saturated carbocycles. The normalized spacial score (nSPS) is 16.1. The lowest BCUT2D eigenvalue weighted by Gasteiger charge is -2.19. The molecule has 0 fully saturated rings. The highest BCUT2D eigenvalue weighted by atomic mass is 35.5. The molecule has 1 aromatic rings. The van der Waals surface area contributed by atoms with E-state index >= 15 is 0 Å². The molecule has 3 rings (SSSR count). The molecule has 5 heteroatoms. The van der Waals surface area contributed by atoms with Gasteiger partial charge < -0.3 is 4.74 Å². The molecule has 0 amide bonds.